The van der Waals surface area contributed by atoms with Crippen LogP contribution in [0.3, 0.4) is 0 Å². The predicted molar refractivity (Wildman–Crippen MR) is 161 cm³/mol. The van der Waals surface area contributed by atoms with E-state index in [4.69, 9.17) is 23.2 Å². The lowest BCUT2D eigenvalue weighted by atomic mass is 10.0. The van der Waals surface area contributed by atoms with E-state index in [1.54, 1.807) is 34.9 Å². The standard InChI is InChI=1S/C31H36Cl2N2O2S/c1-4-5-14-34-31(37)29(18-24-10-7-6-8-11-24)35(19-26-27(32)12-9-13-28(26)33)30(36)21-38-20-25-16-22(2)15-23(3)17-25/h6-13,15-17,29H,4-5,14,18-21H2,1-3H3,(H,34,37). The fourth-order valence-electron chi connectivity index (χ4n) is 4.41. The number of halogens is 2. The third-order valence-corrected chi connectivity index (χ3v) is 7.96. The van der Waals surface area contributed by atoms with E-state index < -0.39 is 6.04 Å². The summed E-state index contributed by atoms with van der Waals surface area (Å²) in [5.41, 5.74) is 5.21. The summed E-state index contributed by atoms with van der Waals surface area (Å²) in [5, 5.41) is 3.99. The molecule has 3 aromatic rings. The van der Waals surface area contributed by atoms with Gasteiger partial charge in [-0.25, -0.2) is 0 Å². The van der Waals surface area contributed by atoms with Crippen molar-refractivity contribution in [1.29, 1.82) is 0 Å². The predicted octanol–water partition coefficient (Wildman–Crippen LogP) is 7.40. The monoisotopic (exact) mass is 570 g/mol. The van der Waals surface area contributed by atoms with Crippen LogP contribution in [0.1, 0.15) is 47.6 Å². The van der Waals surface area contributed by atoms with Crippen LogP contribution in [0, 0.1) is 13.8 Å². The molecule has 38 heavy (non-hydrogen) atoms. The van der Waals surface area contributed by atoms with Crippen molar-refractivity contribution in [2.45, 2.75) is 58.4 Å². The van der Waals surface area contributed by atoms with Crippen molar-refractivity contribution in [2.24, 2.45) is 0 Å². The van der Waals surface area contributed by atoms with Gasteiger partial charge < -0.3 is 10.2 Å². The van der Waals surface area contributed by atoms with Crippen molar-refractivity contribution in [2.75, 3.05) is 12.3 Å². The Bertz CT molecular complexity index is 1180. The topological polar surface area (TPSA) is 49.4 Å². The lowest BCUT2D eigenvalue weighted by Gasteiger charge is -2.32. The molecule has 0 aliphatic carbocycles. The number of nitrogens with zero attached hydrogens (tertiary/aromatic N) is 1. The molecule has 4 nitrogen and oxygen atoms in total. The summed E-state index contributed by atoms with van der Waals surface area (Å²) in [6.07, 6.45) is 2.24. The average Bonchev–Trinajstić information content (AvgIpc) is 2.87. The first-order valence-electron chi connectivity index (χ1n) is 13.0. The van der Waals surface area contributed by atoms with Gasteiger partial charge in [0.25, 0.3) is 0 Å². The molecule has 0 aromatic heterocycles. The Labute approximate surface area is 241 Å². The van der Waals surface area contributed by atoms with Gasteiger partial charge in [0, 0.05) is 40.9 Å². The van der Waals surface area contributed by atoms with E-state index in [2.05, 4.69) is 44.3 Å². The number of rotatable bonds is 13. The first-order valence-corrected chi connectivity index (χ1v) is 14.9. The zero-order valence-electron chi connectivity index (χ0n) is 22.3. The van der Waals surface area contributed by atoms with Crippen molar-refractivity contribution < 1.29 is 9.59 Å². The maximum Gasteiger partial charge on any atom is 0.243 e. The number of nitrogens with one attached hydrogen (secondary N) is 1. The lowest BCUT2D eigenvalue weighted by Crippen LogP contribution is -2.51. The first kappa shape index (κ1) is 30.1. The highest BCUT2D eigenvalue weighted by Gasteiger charge is 2.31. The second kappa shape index (κ2) is 15.2. The van der Waals surface area contributed by atoms with Crippen LogP contribution in [0.15, 0.2) is 66.7 Å². The third kappa shape index (κ3) is 9.07. The van der Waals surface area contributed by atoms with Gasteiger partial charge in [-0.2, -0.15) is 0 Å². The van der Waals surface area contributed by atoms with E-state index in [0.29, 0.717) is 34.3 Å². The quantitative estimate of drug-likeness (QED) is 0.218. The molecule has 3 rings (SSSR count). The molecular weight excluding hydrogens is 535 g/mol. The average molecular weight is 572 g/mol. The summed E-state index contributed by atoms with van der Waals surface area (Å²) >= 11 is 14.6. The maximum absolute atomic E-state index is 13.8. The fraction of sp³-hybridized carbons (Fsp3) is 0.355. The van der Waals surface area contributed by atoms with E-state index in [1.807, 2.05) is 30.3 Å². The minimum absolute atomic E-state index is 0.123. The molecule has 1 N–H and O–H groups in total. The van der Waals surface area contributed by atoms with E-state index in [9.17, 15) is 9.59 Å². The molecule has 0 aliphatic heterocycles. The number of unbranched alkanes of at least 4 members (excludes halogenated alkanes) is 1. The summed E-state index contributed by atoms with van der Waals surface area (Å²) in [7, 11) is 0. The Morgan fingerprint density at radius 1 is 0.921 bits per heavy atom. The van der Waals surface area contributed by atoms with Gasteiger partial charge in [-0.15, -0.1) is 11.8 Å². The highest BCUT2D eigenvalue weighted by atomic mass is 35.5. The highest BCUT2D eigenvalue weighted by molar-refractivity contribution is 7.99. The number of benzene rings is 3. The molecule has 0 spiro atoms. The molecule has 0 saturated heterocycles. The second-order valence-electron chi connectivity index (χ2n) is 9.56. The van der Waals surface area contributed by atoms with Crippen molar-refractivity contribution in [3.05, 3.63) is 105 Å². The summed E-state index contributed by atoms with van der Waals surface area (Å²) in [4.78, 5) is 29.0. The highest BCUT2D eigenvalue weighted by Crippen LogP contribution is 2.28. The van der Waals surface area contributed by atoms with E-state index in [1.165, 1.54) is 16.7 Å². The zero-order chi connectivity index (χ0) is 27.5. The largest absolute Gasteiger partial charge is 0.354 e. The van der Waals surface area contributed by atoms with Crippen LogP contribution in [-0.2, 0) is 28.3 Å². The Balaban J connectivity index is 1.88. The Hall–Kier alpha value is -2.47. The van der Waals surface area contributed by atoms with Gasteiger partial charge in [-0.05, 0) is 43.5 Å². The smallest absolute Gasteiger partial charge is 0.243 e. The van der Waals surface area contributed by atoms with Gasteiger partial charge in [-0.1, -0.05) is 102 Å². The van der Waals surface area contributed by atoms with Gasteiger partial charge in [0.2, 0.25) is 11.8 Å². The zero-order valence-corrected chi connectivity index (χ0v) is 24.6. The number of hydrogen-bond acceptors (Lipinski definition) is 3. The SMILES string of the molecule is CCCCNC(=O)C(Cc1ccccc1)N(Cc1c(Cl)cccc1Cl)C(=O)CSCc1cc(C)cc(C)c1. The number of carbonyl (C=O) groups excluding carboxylic acids is 2. The molecule has 7 heteroatoms. The molecule has 1 unspecified atom stereocenters. The van der Waals surface area contributed by atoms with Crippen molar-refractivity contribution in [1.82, 2.24) is 10.2 Å². The molecule has 0 bridgehead atoms. The minimum atomic E-state index is -0.698. The first-order chi connectivity index (χ1) is 18.3. The van der Waals surface area contributed by atoms with E-state index >= 15 is 0 Å². The second-order valence-corrected chi connectivity index (χ2v) is 11.4. The van der Waals surface area contributed by atoms with Gasteiger partial charge in [0.15, 0.2) is 0 Å². The number of amides is 2. The number of hydrogen-bond donors (Lipinski definition) is 1. The van der Waals surface area contributed by atoms with E-state index in [0.717, 1.165) is 18.4 Å². The van der Waals surface area contributed by atoms with Crippen LogP contribution in [0.25, 0.3) is 0 Å². The van der Waals surface area contributed by atoms with Crippen LogP contribution in [-0.4, -0.2) is 35.1 Å². The molecule has 3 aromatic carbocycles. The molecule has 2 amide bonds. The Morgan fingerprint density at radius 2 is 1.58 bits per heavy atom. The van der Waals surface area contributed by atoms with Gasteiger partial charge in [0.05, 0.1) is 5.75 Å². The van der Waals surface area contributed by atoms with Gasteiger partial charge in [-0.3, -0.25) is 9.59 Å². The number of thioether (sulfide) groups is 1. The molecular formula is C31H36Cl2N2O2S. The Morgan fingerprint density at radius 3 is 2.21 bits per heavy atom. The van der Waals surface area contributed by atoms with Crippen LogP contribution >= 0.6 is 35.0 Å². The maximum atomic E-state index is 13.8. The third-order valence-electron chi connectivity index (χ3n) is 6.27. The summed E-state index contributed by atoms with van der Waals surface area (Å²) < 4.78 is 0. The summed E-state index contributed by atoms with van der Waals surface area (Å²) in [6.45, 7) is 6.95. The van der Waals surface area contributed by atoms with Crippen molar-refractivity contribution >= 4 is 46.8 Å². The van der Waals surface area contributed by atoms with Crippen LogP contribution < -0.4 is 5.32 Å². The van der Waals surface area contributed by atoms with Crippen LogP contribution in [0.2, 0.25) is 10.0 Å². The molecule has 0 heterocycles. The number of carbonyl (C=O) groups is 2. The number of aryl methyl sites for hydroxylation is 2. The molecule has 0 aliphatic rings. The van der Waals surface area contributed by atoms with Crippen molar-refractivity contribution in [3.8, 4) is 0 Å². The van der Waals surface area contributed by atoms with Crippen LogP contribution in [0.5, 0.6) is 0 Å². The van der Waals surface area contributed by atoms with Gasteiger partial charge in [0.1, 0.15) is 6.04 Å². The Kier molecular flexibility index (Phi) is 12.0. The fourth-order valence-corrected chi connectivity index (χ4v) is 5.77. The summed E-state index contributed by atoms with van der Waals surface area (Å²) in [5.74, 6) is 0.656. The van der Waals surface area contributed by atoms with Crippen molar-refractivity contribution in [3.63, 3.8) is 0 Å². The minimum Gasteiger partial charge on any atom is -0.354 e. The molecule has 0 saturated carbocycles. The summed E-state index contributed by atoms with van der Waals surface area (Å²) in [6, 6.07) is 20.8. The molecule has 0 radical (unpaired) electrons. The molecule has 1 atom stereocenters. The molecule has 0 fully saturated rings. The van der Waals surface area contributed by atoms with Gasteiger partial charge >= 0.3 is 0 Å². The molecule has 202 valence electrons. The normalized spacial score (nSPS) is 11.7. The van der Waals surface area contributed by atoms with Crippen LogP contribution in [0.4, 0.5) is 0 Å². The lowest BCUT2D eigenvalue weighted by molar-refractivity contribution is -0.139. The van der Waals surface area contributed by atoms with E-state index in [-0.39, 0.29) is 24.1 Å².